The van der Waals surface area contributed by atoms with Crippen LogP contribution in [-0.2, 0) is 4.74 Å². The van der Waals surface area contributed by atoms with E-state index in [0.717, 1.165) is 0 Å². The van der Waals surface area contributed by atoms with E-state index in [1.165, 1.54) is 24.3 Å². The second-order valence-electron chi connectivity index (χ2n) is 4.57. The van der Waals surface area contributed by atoms with Crippen molar-refractivity contribution in [3.63, 3.8) is 0 Å². The third-order valence-corrected chi connectivity index (χ3v) is 3.16. The van der Waals surface area contributed by atoms with Crippen LogP contribution in [0.2, 0.25) is 12.1 Å². The predicted molar refractivity (Wildman–Crippen MR) is 73.2 cm³/mol. The fourth-order valence-corrected chi connectivity index (χ4v) is 2.02. The summed E-state index contributed by atoms with van der Waals surface area (Å²) in [6, 6.07) is 3.75. The maximum absolute atomic E-state index is 13.6. The number of nitro benzene ring substituents is 1. The molecule has 0 amide bonds. The summed E-state index contributed by atoms with van der Waals surface area (Å²) in [7, 11) is 1.94. The van der Waals surface area contributed by atoms with Crippen LogP contribution in [0.3, 0.4) is 0 Å². The summed E-state index contributed by atoms with van der Waals surface area (Å²) < 4.78 is 19.1. The molecular formula is C13H14BFNO4. The van der Waals surface area contributed by atoms with Crippen LogP contribution in [-0.4, -0.2) is 36.6 Å². The van der Waals surface area contributed by atoms with Gasteiger partial charge in [-0.25, -0.2) is 4.39 Å². The number of ether oxygens (including phenoxy) is 1. The van der Waals surface area contributed by atoms with Crippen molar-refractivity contribution in [2.75, 3.05) is 13.2 Å². The number of nitrogens with zero attached hydrogens (tertiary/aromatic N) is 1. The van der Waals surface area contributed by atoms with Crippen molar-refractivity contribution in [1.82, 2.24) is 0 Å². The molecule has 2 atom stereocenters. The first-order valence-corrected chi connectivity index (χ1v) is 6.28. The smallest absolute Gasteiger partial charge is 0.279 e. The van der Waals surface area contributed by atoms with Gasteiger partial charge in [0.15, 0.2) is 0 Å². The van der Waals surface area contributed by atoms with E-state index in [1.807, 2.05) is 7.28 Å². The first kappa shape index (κ1) is 14.7. The van der Waals surface area contributed by atoms with E-state index in [0.29, 0.717) is 12.9 Å². The van der Waals surface area contributed by atoms with Gasteiger partial charge in [0, 0.05) is 19.3 Å². The van der Waals surface area contributed by atoms with Crippen molar-refractivity contribution in [1.29, 1.82) is 0 Å². The van der Waals surface area contributed by atoms with Crippen molar-refractivity contribution in [2.24, 2.45) is 0 Å². The second-order valence-corrected chi connectivity index (χ2v) is 4.57. The van der Waals surface area contributed by atoms with E-state index in [-0.39, 0.29) is 29.8 Å². The molecule has 0 aromatic heterocycles. The van der Waals surface area contributed by atoms with Crippen molar-refractivity contribution < 1.29 is 19.2 Å². The first-order valence-electron chi connectivity index (χ1n) is 6.28. The lowest BCUT2D eigenvalue weighted by Gasteiger charge is -2.25. The number of rotatable bonds is 4. The Morgan fingerprint density at radius 1 is 1.60 bits per heavy atom. The molecule has 1 N–H and O–H groups in total. The Labute approximate surface area is 116 Å². The SMILES string of the molecule is O=[N+]([O-])c1cccc(F)c1C=C[C@@H]1C[B][C@H](CO)CO1. The quantitative estimate of drug-likeness (QED) is 0.519. The van der Waals surface area contributed by atoms with Gasteiger partial charge in [0.2, 0.25) is 0 Å². The van der Waals surface area contributed by atoms with Crippen LogP contribution in [0.1, 0.15) is 5.56 Å². The van der Waals surface area contributed by atoms with E-state index < -0.39 is 10.7 Å². The average molecular weight is 278 g/mol. The summed E-state index contributed by atoms with van der Waals surface area (Å²) in [6.07, 6.45) is 3.32. The molecule has 1 radical (unpaired) electrons. The maximum atomic E-state index is 13.6. The number of nitro groups is 1. The Hall–Kier alpha value is -1.73. The Balaban J connectivity index is 2.10. The molecule has 0 spiro atoms. The molecule has 1 aromatic rings. The molecule has 1 fully saturated rings. The Bertz CT molecular complexity index is 515. The lowest BCUT2D eigenvalue weighted by Crippen LogP contribution is -2.28. The lowest BCUT2D eigenvalue weighted by atomic mass is 9.59. The molecular weight excluding hydrogens is 264 g/mol. The molecule has 0 bridgehead atoms. The van der Waals surface area contributed by atoms with Crippen molar-refractivity contribution in [2.45, 2.75) is 18.2 Å². The normalized spacial score (nSPS) is 22.7. The third kappa shape index (κ3) is 3.43. The summed E-state index contributed by atoms with van der Waals surface area (Å²) in [5.41, 5.74) is -0.320. The molecule has 1 aliphatic rings. The van der Waals surface area contributed by atoms with Crippen LogP contribution < -0.4 is 0 Å². The highest BCUT2D eigenvalue weighted by Crippen LogP contribution is 2.24. The minimum Gasteiger partial charge on any atom is -0.397 e. The number of halogens is 1. The number of aliphatic hydroxyl groups excluding tert-OH is 1. The zero-order valence-electron chi connectivity index (χ0n) is 10.7. The standard InChI is InChI=1S/C13H14BFNO4/c15-12-2-1-3-13(16(18)19)11(12)5-4-10-6-14-9(7-17)8-20-10/h1-5,9-10,17H,6-8H2/t9-,10-/m1/s1. The molecule has 1 saturated heterocycles. The number of aliphatic hydroxyl groups is 1. The molecule has 1 heterocycles. The van der Waals surface area contributed by atoms with Crippen molar-refractivity contribution >= 4 is 19.0 Å². The Morgan fingerprint density at radius 2 is 2.40 bits per heavy atom. The molecule has 20 heavy (non-hydrogen) atoms. The van der Waals surface area contributed by atoms with Crippen LogP contribution in [0.15, 0.2) is 24.3 Å². The average Bonchev–Trinajstić information content (AvgIpc) is 2.46. The van der Waals surface area contributed by atoms with E-state index in [9.17, 15) is 14.5 Å². The van der Waals surface area contributed by atoms with Crippen molar-refractivity contribution in [3.8, 4) is 0 Å². The molecule has 105 valence electrons. The Morgan fingerprint density at radius 3 is 3.00 bits per heavy atom. The van der Waals surface area contributed by atoms with E-state index in [1.54, 1.807) is 6.08 Å². The zero-order valence-corrected chi connectivity index (χ0v) is 10.7. The number of hydrogen-bond donors (Lipinski definition) is 1. The van der Waals surface area contributed by atoms with Crippen LogP contribution in [0.5, 0.6) is 0 Å². The first-order chi connectivity index (χ1) is 9.61. The molecule has 0 unspecified atom stereocenters. The highest BCUT2D eigenvalue weighted by molar-refractivity contribution is 6.38. The summed E-state index contributed by atoms with van der Waals surface area (Å²) in [5.74, 6) is -0.620. The largest absolute Gasteiger partial charge is 0.397 e. The zero-order chi connectivity index (χ0) is 14.5. The number of benzene rings is 1. The molecule has 7 heteroatoms. The van der Waals surface area contributed by atoms with Crippen LogP contribution in [0.25, 0.3) is 6.08 Å². The van der Waals surface area contributed by atoms with E-state index in [2.05, 4.69) is 0 Å². The van der Waals surface area contributed by atoms with Gasteiger partial charge in [-0.15, -0.1) is 0 Å². The highest BCUT2D eigenvalue weighted by atomic mass is 19.1. The summed E-state index contributed by atoms with van der Waals surface area (Å²) in [5, 5.41) is 19.8. The van der Waals surface area contributed by atoms with Gasteiger partial charge in [0.25, 0.3) is 5.69 Å². The van der Waals surface area contributed by atoms with Crippen molar-refractivity contribution in [3.05, 3.63) is 45.8 Å². The molecule has 1 aliphatic heterocycles. The minimum atomic E-state index is -0.636. The fourth-order valence-electron chi connectivity index (χ4n) is 2.02. The van der Waals surface area contributed by atoms with Gasteiger partial charge >= 0.3 is 0 Å². The summed E-state index contributed by atoms with van der Waals surface area (Å²) >= 11 is 0. The number of hydrogen-bond acceptors (Lipinski definition) is 4. The predicted octanol–water partition coefficient (Wildman–Crippen LogP) is 2.05. The topological polar surface area (TPSA) is 72.6 Å². The summed E-state index contributed by atoms with van der Waals surface area (Å²) in [6.45, 7) is 0.431. The van der Waals surface area contributed by atoms with Crippen LogP contribution >= 0.6 is 0 Å². The monoisotopic (exact) mass is 278 g/mol. The van der Waals surface area contributed by atoms with Gasteiger partial charge in [-0.2, -0.15) is 0 Å². The van der Waals surface area contributed by atoms with E-state index in [4.69, 9.17) is 9.84 Å². The summed E-state index contributed by atoms with van der Waals surface area (Å²) in [4.78, 5) is 10.2. The van der Waals surface area contributed by atoms with Gasteiger partial charge in [-0.3, -0.25) is 10.1 Å². The van der Waals surface area contributed by atoms with Crippen LogP contribution in [0.4, 0.5) is 10.1 Å². The third-order valence-electron chi connectivity index (χ3n) is 3.16. The molecule has 0 aliphatic carbocycles. The molecule has 2 rings (SSSR count). The van der Waals surface area contributed by atoms with Gasteiger partial charge in [0.1, 0.15) is 13.1 Å². The van der Waals surface area contributed by atoms with Gasteiger partial charge in [0.05, 0.1) is 16.6 Å². The van der Waals surface area contributed by atoms with Gasteiger partial charge in [-0.1, -0.05) is 18.5 Å². The minimum absolute atomic E-state index is 0.0162. The molecule has 1 aromatic carbocycles. The second kappa shape index (κ2) is 6.63. The van der Waals surface area contributed by atoms with E-state index >= 15 is 0 Å². The molecule has 5 nitrogen and oxygen atoms in total. The fraction of sp³-hybridized carbons (Fsp3) is 0.385. The highest BCUT2D eigenvalue weighted by Gasteiger charge is 2.21. The maximum Gasteiger partial charge on any atom is 0.279 e. The Kier molecular flexibility index (Phi) is 4.86. The van der Waals surface area contributed by atoms with Gasteiger partial charge in [-0.05, 0) is 18.0 Å². The lowest BCUT2D eigenvalue weighted by molar-refractivity contribution is -0.385. The molecule has 0 saturated carbocycles. The van der Waals surface area contributed by atoms with Gasteiger partial charge < -0.3 is 9.84 Å². The van der Waals surface area contributed by atoms with Crippen LogP contribution in [0, 0.1) is 15.9 Å².